The van der Waals surface area contributed by atoms with Crippen molar-refractivity contribution in [3.63, 3.8) is 0 Å². The molecule has 0 aliphatic rings. The molecule has 0 bridgehead atoms. The lowest BCUT2D eigenvalue weighted by molar-refractivity contribution is -0.126. The van der Waals surface area contributed by atoms with Crippen molar-refractivity contribution in [3.05, 3.63) is 59.9 Å². The molecule has 2 rings (SSSR count). The first-order valence-electron chi connectivity index (χ1n) is 8.07. The number of hydrogen-bond acceptors (Lipinski definition) is 4. The van der Waals surface area contributed by atoms with E-state index in [1.54, 1.807) is 18.2 Å². The number of nitrogens with one attached hydrogen (secondary N) is 2. The van der Waals surface area contributed by atoms with Crippen LogP contribution in [0.25, 0.3) is 0 Å². The van der Waals surface area contributed by atoms with Crippen LogP contribution in [0.1, 0.15) is 25.8 Å². The maximum absolute atomic E-state index is 13.4. The number of hydrogen-bond donors (Lipinski definition) is 2. The summed E-state index contributed by atoms with van der Waals surface area (Å²) in [5.41, 5.74) is 3.02. The minimum absolute atomic E-state index is 0.0239. The second kappa shape index (κ2) is 9.31. The Morgan fingerprint density at radius 1 is 1.15 bits per heavy atom. The van der Waals surface area contributed by atoms with Crippen molar-refractivity contribution in [3.8, 4) is 5.75 Å². The molecule has 136 valence electrons. The van der Waals surface area contributed by atoms with Gasteiger partial charge in [-0.15, -0.1) is 0 Å². The van der Waals surface area contributed by atoms with Gasteiger partial charge in [-0.25, -0.2) is 9.82 Å². The molecule has 2 N–H and O–H groups in total. The smallest absolute Gasteiger partial charge is 0.249 e. The quantitative estimate of drug-likeness (QED) is 0.454. The van der Waals surface area contributed by atoms with E-state index in [0.717, 1.165) is 5.56 Å². The van der Waals surface area contributed by atoms with Gasteiger partial charge in [0.05, 0.1) is 18.0 Å². The molecule has 0 aliphatic carbocycles. The molecule has 0 fully saturated rings. The van der Waals surface area contributed by atoms with Crippen molar-refractivity contribution in [1.82, 2.24) is 5.43 Å². The van der Waals surface area contributed by atoms with Gasteiger partial charge in [-0.2, -0.15) is 5.10 Å². The van der Waals surface area contributed by atoms with Crippen LogP contribution >= 0.6 is 0 Å². The van der Waals surface area contributed by atoms with E-state index in [-0.39, 0.29) is 11.8 Å². The maximum Gasteiger partial charge on any atom is 0.249 e. The monoisotopic (exact) mass is 357 g/mol. The third-order valence-electron chi connectivity index (χ3n) is 3.10. The van der Waals surface area contributed by atoms with Gasteiger partial charge in [0.2, 0.25) is 11.8 Å². The highest BCUT2D eigenvalue weighted by Gasteiger charge is 2.10. The van der Waals surface area contributed by atoms with E-state index >= 15 is 0 Å². The van der Waals surface area contributed by atoms with Gasteiger partial charge >= 0.3 is 0 Å². The summed E-state index contributed by atoms with van der Waals surface area (Å²) in [5.74, 6) is -1.11. The van der Waals surface area contributed by atoms with Crippen LogP contribution in [0, 0.1) is 5.82 Å². The zero-order valence-electron chi connectivity index (χ0n) is 14.5. The van der Waals surface area contributed by atoms with Crippen LogP contribution in [0.2, 0.25) is 0 Å². The Balaban J connectivity index is 1.83. The summed E-state index contributed by atoms with van der Waals surface area (Å²) in [7, 11) is 0. The molecule has 26 heavy (non-hydrogen) atoms. The predicted molar refractivity (Wildman–Crippen MR) is 97.6 cm³/mol. The van der Waals surface area contributed by atoms with E-state index in [1.165, 1.54) is 24.4 Å². The van der Waals surface area contributed by atoms with Crippen LogP contribution < -0.4 is 15.5 Å². The van der Waals surface area contributed by atoms with Crippen molar-refractivity contribution in [2.24, 2.45) is 5.10 Å². The molecule has 6 nitrogen and oxygen atoms in total. The first kappa shape index (κ1) is 19.1. The van der Waals surface area contributed by atoms with Crippen LogP contribution in [0.4, 0.5) is 10.1 Å². The van der Waals surface area contributed by atoms with Crippen LogP contribution in [0.3, 0.4) is 0 Å². The summed E-state index contributed by atoms with van der Waals surface area (Å²) in [6, 6.07) is 12.9. The maximum atomic E-state index is 13.4. The van der Waals surface area contributed by atoms with Crippen molar-refractivity contribution in [2.75, 3.05) is 5.32 Å². The molecule has 0 radical (unpaired) electrons. The fourth-order valence-corrected chi connectivity index (χ4v) is 2.06. The van der Waals surface area contributed by atoms with Crippen molar-refractivity contribution in [2.45, 2.75) is 26.4 Å². The van der Waals surface area contributed by atoms with E-state index in [1.807, 2.05) is 26.0 Å². The Labute approximate surface area is 151 Å². The molecule has 0 atom stereocenters. The summed E-state index contributed by atoms with van der Waals surface area (Å²) in [6.07, 6.45) is 1.03. The topological polar surface area (TPSA) is 79.8 Å². The van der Waals surface area contributed by atoms with E-state index in [0.29, 0.717) is 5.75 Å². The fourth-order valence-electron chi connectivity index (χ4n) is 2.06. The minimum Gasteiger partial charge on any atom is -0.491 e. The second-order valence-corrected chi connectivity index (χ2v) is 5.74. The van der Waals surface area contributed by atoms with Gasteiger partial charge in [0.1, 0.15) is 18.0 Å². The molecule has 0 heterocycles. The van der Waals surface area contributed by atoms with E-state index in [2.05, 4.69) is 15.8 Å². The third kappa shape index (κ3) is 6.35. The average molecular weight is 357 g/mol. The number of rotatable bonds is 7. The van der Waals surface area contributed by atoms with Gasteiger partial charge in [-0.1, -0.05) is 24.3 Å². The third-order valence-corrected chi connectivity index (χ3v) is 3.10. The number of nitrogens with zero attached hydrogens (tertiary/aromatic N) is 1. The number of ether oxygens (including phenoxy) is 1. The number of carbonyl (C=O) groups excluding carboxylic acids is 2. The van der Waals surface area contributed by atoms with Gasteiger partial charge in [-0.3, -0.25) is 9.59 Å². The second-order valence-electron chi connectivity index (χ2n) is 5.74. The Kier molecular flexibility index (Phi) is 6.84. The zero-order valence-corrected chi connectivity index (χ0v) is 14.5. The number of amides is 2. The van der Waals surface area contributed by atoms with E-state index in [4.69, 9.17) is 4.74 Å². The van der Waals surface area contributed by atoms with Crippen LogP contribution in [-0.4, -0.2) is 24.1 Å². The number of para-hydroxylation sites is 1. The Morgan fingerprint density at radius 2 is 1.92 bits per heavy atom. The first-order chi connectivity index (χ1) is 12.4. The highest BCUT2D eigenvalue weighted by molar-refractivity contribution is 6.03. The SMILES string of the molecule is CC(C)Oc1cccc(C=NNC(=O)CC(=O)Nc2ccccc2F)c1. The molecule has 7 heteroatoms. The van der Waals surface area contributed by atoms with Crippen molar-refractivity contribution >= 4 is 23.7 Å². The lowest BCUT2D eigenvalue weighted by Crippen LogP contribution is -2.24. The fraction of sp³-hybridized carbons (Fsp3) is 0.211. The molecule has 0 aromatic heterocycles. The molecule has 0 saturated heterocycles. The number of halogens is 1. The van der Waals surface area contributed by atoms with Gasteiger partial charge in [0, 0.05) is 0 Å². The summed E-state index contributed by atoms with van der Waals surface area (Å²) >= 11 is 0. The van der Waals surface area contributed by atoms with Gasteiger partial charge < -0.3 is 10.1 Å². The number of benzene rings is 2. The largest absolute Gasteiger partial charge is 0.491 e. The van der Waals surface area contributed by atoms with Crippen LogP contribution in [0.15, 0.2) is 53.6 Å². The zero-order chi connectivity index (χ0) is 18.9. The molecular weight excluding hydrogens is 337 g/mol. The number of carbonyl (C=O) groups is 2. The molecule has 2 aromatic rings. The van der Waals surface area contributed by atoms with Crippen LogP contribution in [-0.2, 0) is 9.59 Å². The standard InChI is InChI=1S/C19H20FN3O3/c1-13(2)26-15-7-5-6-14(10-15)12-21-23-19(25)11-18(24)22-17-9-4-3-8-16(17)20/h3-10,12-13H,11H2,1-2H3,(H,22,24)(H,23,25). The van der Waals surface area contributed by atoms with Gasteiger partial charge in [0.25, 0.3) is 0 Å². The highest BCUT2D eigenvalue weighted by atomic mass is 19.1. The first-order valence-corrected chi connectivity index (χ1v) is 8.07. The van der Waals surface area contributed by atoms with E-state index in [9.17, 15) is 14.0 Å². The molecule has 0 saturated carbocycles. The summed E-state index contributed by atoms with van der Waals surface area (Å²) in [5, 5.41) is 6.14. The summed E-state index contributed by atoms with van der Waals surface area (Å²) in [6.45, 7) is 3.85. The molecular formula is C19H20FN3O3. The van der Waals surface area contributed by atoms with Crippen molar-refractivity contribution in [1.29, 1.82) is 0 Å². The average Bonchev–Trinajstić information content (AvgIpc) is 2.56. The lowest BCUT2D eigenvalue weighted by Gasteiger charge is -2.09. The van der Waals surface area contributed by atoms with E-state index < -0.39 is 24.1 Å². The highest BCUT2D eigenvalue weighted by Crippen LogP contribution is 2.14. The normalized spacial score (nSPS) is 10.8. The minimum atomic E-state index is -0.630. The predicted octanol–water partition coefficient (Wildman–Crippen LogP) is 3.09. The molecule has 0 spiro atoms. The lowest BCUT2D eigenvalue weighted by atomic mass is 10.2. The summed E-state index contributed by atoms with van der Waals surface area (Å²) in [4.78, 5) is 23.5. The molecule has 0 unspecified atom stereocenters. The van der Waals surface area contributed by atoms with Crippen LogP contribution in [0.5, 0.6) is 5.75 Å². The van der Waals surface area contributed by atoms with Gasteiger partial charge in [-0.05, 0) is 43.7 Å². The number of hydrazone groups is 1. The Hall–Kier alpha value is -3.22. The Morgan fingerprint density at radius 3 is 2.65 bits per heavy atom. The molecule has 2 amide bonds. The van der Waals surface area contributed by atoms with Gasteiger partial charge in [0.15, 0.2) is 0 Å². The number of anilines is 1. The van der Waals surface area contributed by atoms with Crippen molar-refractivity contribution < 1.29 is 18.7 Å². The summed E-state index contributed by atoms with van der Waals surface area (Å²) < 4.78 is 19.0. The molecule has 0 aliphatic heterocycles. The molecule has 2 aromatic carbocycles. The Bertz CT molecular complexity index is 806.